The van der Waals surface area contributed by atoms with Crippen LogP contribution >= 0.6 is 11.3 Å². The van der Waals surface area contributed by atoms with Crippen molar-refractivity contribution in [2.75, 3.05) is 11.1 Å². The van der Waals surface area contributed by atoms with Gasteiger partial charge in [-0.1, -0.05) is 33.1 Å². The lowest BCUT2D eigenvalue weighted by molar-refractivity contribution is -0.120. The maximum atomic E-state index is 12.4. The molecule has 0 saturated heterocycles. The lowest BCUT2D eigenvalue weighted by atomic mass is 9.88. The van der Waals surface area contributed by atoms with Crippen LogP contribution in [-0.4, -0.2) is 25.1 Å². The number of hydrogen-bond acceptors (Lipinski definition) is 5. The largest absolute Gasteiger partial charge is 0.326 e. The maximum absolute atomic E-state index is 12.4. The molecule has 1 aromatic heterocycles. The third kappa shape index (κ3) is 4.39. The van der Waals surface area contributed by atoms with Gasteiger partial charge in [-0.3, -0.25) is 4.79 Å². The van der Waals surface area contributed by atoms with E-state index in [4.69, 9.17) is 0 Å². The van der Waals surface area contributed by atoms with E-state index in [1.807, 2.05) is 19.9 Å². The Morgan fingerprint density at radius 1 is 1.28 bits per heavy atom. The number of benzene rings is 1. The standard InChI is InChI=1S/C18H24N2O3S2/c1-12(2)11-25(22,23)18-20-15-9-8-14(10-16(15)24-18)19-17(21)13-6-4-3-5-7-13/h8-10,12-13H,3-7,11H2,1-2H3,(H,19,21). The van der Waals surface area contributed by atoms with E-state index < -0.39 is 9.84 Å². The van der Waals surface area contributed by atoms with Gasteiger partial charge in [-0.25, -0.2) is 13.4 Å². The van der Waals surface area contributed by atoms with Crippen LogP contribution in [0.3, 0.4) is 0 Å². The number of nitrogens with zero attached hydrogens (tertiary/aromatic N) is 1. The van der Waals surface area contributed by atoms with Crippen LogP contribution in [0.15, 0.2) is 22.5 Å². The molecule has 3 rings (SSSR count). The summed E-state index contributed by atoms with van der Waals surface area (Å²) in [6.07, 6.45) is 5.34. The number of amides is 1. The van der Waals surface area contributed by atoms with Crippen molar-refractivity contribution in [1.29, 1.82) is 0 Å². The number of carbonyl (C=O) groups is 1. The van der Waals surface area contributed by atoms with Gasteiger partial charge in [0.1, 0.15) is 0 Å². The summed E-state index contributed by atoms with van der Waals surface area (Å²) in [6.45, 7) is 3.76. The van der Waals surface area contributed by atoms with Gasteiger partial charge in [0.2, 0.25) is 20.1 Å². The first-order valence-corrected chi connectivity index (χ1v) is 11.3. The molecule has 1 heterocycles. The highest BCUT2D eigenvalue weighted by Crippen LogP contribution is 2.30. The smallest absolute Gasteiger partial charge is 0.227 e. The normalized spacial score (nSPS) is 16.4. The second kappa shape index (κ2) is 7.41. The molecule has 1 aromatic carbocycles. The lowest BCUT2D eigenvalue weighted by Crippen LogP contribution is -2.24. The first-order chi connectivity index (χ1) is 11.8. The molecule has 5 nitrogen and oxygen atoms in total. The molecule has 25 heavy (non-hydrogen) atoms. The third-order valence-electron chi connectivity index (χ3n) is 4.43. The van der Waals surface area contributed by atoms with Crippen molar-refractivity contribution in [3.63, 3.8) is 0 Å². The van der Waals surface area contributed by atoms with E-state index >= 15 is 0 Å². The highest BCUT2D eigenvalue weighted by atomic mass is 32.2. The van der Waals surface area contributed by atoms with Crippen molar-refractivity contribution in [3.05, 3.63) is 18.2 Å². The second-order valence-electron chi connectivity index (χ2n) is 7.16. The molecule has 1 aliphatic rings. The maximum Gasteiger partial charge on any atom is 0.227 e. The number of anilines is 1. The minimum atomic E-state index is -3.35. The summed E-state index contributed by atoms with van der Waals surface area (Å²) >= 11 is 1.17. The average Bonchev–Trinajstić information content (AvgIpc) is 2.99. The Balaban J connectivity index is 1.79. The fourth-order valence-corrected chi connectivity index (χ4v) is 6.21. The highest BCUT2D eigenvalue weighted by Gasteiger charge is 2.23. The van der Waals surface area contributed by atoms with E-state index in [0.717, 1.165) is 30.4 Å². The average molecular weight is 381 g/mol. The second-order valence-corrected chi connectivity index (χ2v) is 10.4. The van der Waals surface area contributed by atoms with Gasteiger partial charge in [-0.2, -0.15) is 0 Å². The number of fused-ring (bicyclic) bond motifs is 1. The minimum Gasteiger partial charge on any atom is -0.326 e. The Morgan fingerprint density at radius 3 is 2.68 bits per heavy atom. The van der Waals surface area contributed by atoms with Gasteiger partial charge in [-0.05, 0) is 37.0 Å². The van der Waals surface area contributed by atoms with E-state index in [9.17, 15) is 13.2 Å². The molecular weight excluding hydrogens is 356 g/mol. The number of carbonyl (C=O) groups excluding carboxylic acids is 1. The predicted octanol–water partition coefficient (Wildman–Crippen LogP) is 4.24. The van der Waals surface area contributed by atoms with Gasteiger partial charge in [0.15, 0.2) is 0 Å². The summed E-state index contributed by atoms with van der Waals surface area (Å²) in [6, 6.07) is 5.39. The van der Waals surface area contributed by atoms with Crippen molar-refractivity contribution >= 4 is 43.0 Å². The molecule has 0 unspecified atom stereocenters. The molecule has 0 atom stereocenters. The minimum absolute atomic E-state index is 0.0577. The lowest BCUT2D eigenvalue weighted by Gasteiger charge is -2.20. The van der Waals surface area contributed by atoms with Crippen molar-refractivity contribution in [1.82, 2.24) is 4.98 Å². The van der Waals surface area contributed by atoms with Crippen LogP contribution in [-0.2, 0) is 14.6 Å². The van der Waals surface area contributed by atoms with Gasteiger partial charge in [0.25, 0.3) is 0 Å². The first-order valence-electron chi connectivity index (χ1n) is 8.79. The van der Waals surface area contributed by atoms with Crippen LogP contribution in [0.1, 0.15) is 46.0 Å². The Kier molecular flexibility index (Phi) is 5.43. The zero-order valence-electron chi connectivity index (χ0n) is 14.6. The molecule has 1 fully saturated rings. The Hall–Kier alpha value is -1.47. The van der Waals surface area contributed by atoms with Crippen LogP contribution in [0.5, 0.6) is 0 Å². The Labute approximate surface area is 152 Å². The molecular formula is C18H24N2O3S2. The molecule has 1 saturated carbocycles. The molecule has 1 N–H and O–H groups in total. The summed E-state index contributed by atoms with van der Waals surface area (Å²) in [5, 5.41) is 2.97. The predicted molar refractivity (Wildman–Crippen MR) is 102 cm³/mol. The monoisotopic (exact) mass is 380 g/mol. The van der Waals surface area contributed by atoms with E-state index in [2.05, 4.69) is 10.3 Å². The van der Waals surface area contributed by atoms with Gasteiger partial charge >= 0.3 is 0 Å². The summed E-state index contributed by atoms with van der Waals surface area (Å²) < 4.78 is 25.7. The van der Waals surface area contributed by atoms with Crippen LogP contribution in [0, 0.1) is 11.8 Å². The fraction of sp³-hybridized carbons (Fsp3) is 0.556. The zero-order valence-corrected chi connectivity index (χ0v) is 16.3. The van der Waals surface area contributed by atoms with Crippen molar-refractivity contribution in [2.45, 2.75) is 50.3 Å². The molecule has 1 amide bonds. The Morgan fingerprint density at radius 2 is 2.00 bits per heavy atom. The Bertz CT molecular complexity index is 866. The summed E-state index contributed by atoms with van der Waals surface area (Å²) in [7, 11) is -3.35. The topological polar surface area (TPSA) is 76.1 Å². The van der Waals surface area contributed by atoms with E-state index in [1.54, 1.807) is 12.1 Å². The van der Waals surface area contributed by atoms with Gasteiger partial charge in [-0.15, -0.1) is 11.3 Å². The van der Waals surface area contributed by atoms with Crippen LogP contribution in [0.25, 0.3) is 10.2 Å². The number of hydrogen-bond donors (Lipinski definition) is 1. The van der Waals surface area contributed by atoms with Gasteiger partial charge in [0.05, 0.1) is 16.0 Å². The molecule has 0 bridgehead atoms. The van der Waals surface area contributed by atoms with Crippen molar-refractivity contribution < 1.29 is 13.2 Å². The number of sulfone groups is 1. The molecule has 1 aliphatic carbocycles. The van der Waals surface area contributed by atoms with Crippen LogP contribution in [0.2, 0.25) is 0 Å². The van der Waals surface area contributed by atoms with Gasteiger partial charge in [0, 0.05) is 11.6 Å². The third-order valence-corrected chi connectivity index (χ3v) is 7.98. The SMILES string of the molecule is CC(C)CS(=O)(=O)c1nc2ccc(NC(=O)C3CCCCC3)cc2s1. The summed E-state index contributed by atoms with van der Waals surface area (Å²) in [5.41, 5.74) is 1.36. The van der Waals surface area contributed by atoms with Gasteiger partial charge < -0.3 is 5.32 Å². The molecule has 2 aromatic rings. The molecule has 7 heteroatoms. The van der Waals surface area contributed by atoms with Crippen molar-refractivity contribution in [3.8, 4) is 0 Å². The molecule has 0 aliphatic heterocycles. The highest BCUT2D eigenvalue weighted by molar-refractivity contribution is 7.93. The molecule has 136 valence electrons. The molecule has 0 radical (unpaired) electrons. The number of rotatable bonds is 5. The van der Waals surface area contributed by atoms with Crippen LogP contribution < -0.4 is 5.32 Å². The first kappa shape index (κ1) is 18.3. The molecule has 0 spiro atoms. The number of aromatic nitrogens is 1. The summed E-state index contributed by atoms with van der Waals surface area (Å²) in [4.78, 5) is 16.6. The zero-order chi connectivity index (χ0) is 18.0. The summed E-state index contributed by atoms with van der Waals surface area (Å²) in [5.74, 6) is 0.310. The van der Waals surface area contributed by atoms with E-state index in [-0.39, 0.29) is 27.8 Å². The quantitative estimate of drug-likeness (QED) is 0.841. The van der Waals surface area contributed by atoms with E-state index in [0.29, 0.717) is 11.2 Å². The van der Waals surface area contributed by atoms with E-state index in [1.165, 1.54) is 17.8 Å². The van der Waals surface area contributed by atoms with Crippen LogP contribution in [0.4, 0.5) is 5.69 Å². The number of thiazole rings is 1. The van der Waals surface area contributed by atoms with Crippen molar-refractivity contribution in [2.24, 2.45) is 11.8 Å². The fourth-order valence-electron chi connectivity index (χ4n) is 3.23. The number of nitrogens with one attached hydrogen (secondary N) is 1.